The maximum atomic E-state index is 13.5. The number of aryl methyl sites for hydroxylation is 1. The minimum Gasteiger partial charge on any atom is -0.387 e. The Balaban J connectivity index is 1.49. The van der Waals surface area contributed by atoms with Crippen LogP contribution in [0.1, 0.15) is 49.1 Å². The molecule has 0 radical (unpaired) electrons. The Morgan fingerprint density at radius 1 is 1.14 bits per heavy atom. The van der Waals surface area contributed by atoms with E-state index >= 15 is 0 Å². The second kappa shape index (κ2) is 9.05. The molecule has 1 fully saturated rings. The van der Waals surface area contributed by atoms with Crippen LogP contribution >= 0.6 is 0 Å². The number of rotatable bonds is 5. The SMILES string of the molecule is COC[C@]1(O)CC[C@]2(Cc3ncccn3)c3cc4cnn(-c5ccc(F)cc5)c4cc3CCC[C@@H]2C1. The molecule has 6 nitrogen and oxygen atoms in total. The van der Waals surface area contributed by atoms with Gasteiger partial charge >= 0.3 is 0 Å². The Kier molecular flexibility index (Phi) is 5.85. The van der Waals surface area contributed by atoms with Crippen LogP contribution in [-0.2, 0) is 23.0 Å². The lowest BCUT2D eigenvalue weighted by Crippen LogP contribution is -2.51. The summed E-state index contributed by atoms with van der Waals surface area (Å²) < 4.78 is 20.8. The third-order valence-electron chi connectivity index (χ3n) is 8.35. The van der Waals surface area contributed by atoms with Crippen LogP contribution in [0.4, 0.5) is 4.39 Å². The Hall–Kier alpha value is -3.16. The monoisotopic (exact) mass is 486 g/mol. The van der Waals surface area contributed by atoms with Gasteiger partial charge in [-0.1, -0.05) is 0 Å². The lowest BCUT2D eigenvalue weighted by atomic mass is 9.56. The van der Waals surface area contributed by atoms with E-state index in [4.69, 9.17) is 4.74 Å². The van der Waals surface area contributed by atoms with Gasteiger partial charge in [-0.2, -0.15) is 5.10 Å². The van der Waals surface area contributed by atoms with Gasteiger partial charge < -0.3 is 9.84 Å². The molecule has 2 heterocycles. The van der Waals surface area contributed by atoms with Crippen molar-refractivity contribution in [3.8, 4) is 5.69 Å². The Labute approximate surface area is 210 Å². The highest BCUT2D eigenvalue weighted by atomic mass is 19.1. The van der Waals surface area contributed by atoms with Crippen LogP contribution < -0.4 is 0 Å². The van der Waals surface area contributed by atoms with Gasteiger partial charge in [0.1, 0.15) is 11.6 Å². The smallest absolute Gasteiger partial charge is 0.129 e. The normalized spacial score (nSPS) is 25.8. The first-order valence-electron chi connectivity index (χ1n) is 12.7. The molecule has 36 heavy (non-hydrogen) atoms. The second-order valence-corrected chi connectivity index (χ2v) is 10.5. The van der Waals surface area contributed by atoms with Crippen molar-refractivity contribution in [1.29, 1.82) is 0 Å². The first-order valence-corrected chi connectivity index (χ1v) is 12.7. The first kappa shape index (κ1) is 23.3. The zero-order valence-electron chi connectivity index (χ0n) is 20.5. The molecular weight excluding hydrogens is 455 g/mol. The average Bonchev–Trinajstić information content (AvgIpc) is 3.23. The number of halogens is 1. The van der Waals surface area contributed by atoms with Crippen molar-refractivity contribution in [3.05, 3.63) is 83.8 Å². The number of benzene rings is 2. The number of hydrogen-bond acceptors (Lipinski definition) is 5. The predicted octanol–water partition coefficient (Wildman–Crippen LogP) is 4.95. The molecule has 186 valence electrons. The van der Waals surface area contributed by atoms with E-state index < -0.39 is 5.60 Å². The molecule has 4 aromatic rings. The van der Waals surface area contributed by atoms with Crippen molar-refractivity contribution in [3.63, 3.8) is 0 Å². The van der Waals surface area contributed by atoms with Crippen molar-refractivity contribution in [1.82, 2.24) is 19.7 Å². The summed E-state index contributed by atoms with van der Waals surface area (Å²) in [6, 6.07) is 12.9. The van der Waals surface area contributed by atoms with Crippen LogP contribution in [0.2, 0.25) is 0 Å². The molecule has 2 aliphatic carbocycles. The van der Waals surface area contributed by atoms with Crippen LogP contribution in [-0.4, -0.2) is 44.2 Å². The fourth-order valence-electron chi connectivity index (χ4n) is 6.69. The number of ether oxygens (including phenoxy) is 1. The fraction of sp³-hybridized carbons (Fsp3) is 0.414. The summed E-state index contributed by atoms with van der Waals surface area (Å²) in [6.45, 7) is 0.359. The van der Waals surface area contributed by atoms with Crippen molar-refractivity contribution in [2.24, 2.45) is 5.92 Å². The van der Waals surface area contributed by atoms with Gasteiger partial charge in [0, 0.05) is 36.7 Å². The van der Waals surface area contributed by atoms with Gasteiger partial charge in [0.15, 0.2) is 0 Å². The molecule has 7 heteroatoms. The minimum absolute atomic E-state index is 0.167. The molecule has 6 rings (SSSR count). The van der Waals surface area contributed by atoms with Crippen LogP contribution in [0.15, 0.2) is 61.1 Å². The first-order chi connectivity index (χ1) is 17.5. The minimum atomic E-state index is -0.803. The van der Waals surface area contributed by atoms with Gasteiger partial charge in [0.05, 0.1) is 29.6 Å². The predicted molar refractivity (Wildman–Crippen MR) is 136 cm³/mol. The van der Waals surface area contributed by atoms with E-state index in [2.05, 4.69) is 27.2 Å². The lowest BCUT2D eigenvalue weighted by molar-refractivity contribution is -0.0900. The second-order valence-electron chi connectivity index (χ2n) is 10.5. The van der Waals surface area contributed by atoms with Crippen molar-refractivity contribution in [2.45, 2.75) is 56.0 Å². The summed E-state index contributed by atoms with van der Waals surface area (Å²) in [5.74, 6) is 0.876. The van der Waals surface area contributed by atoms with E-state index in [9.17, 15) is 9.50 Å². The third kappa shape index (κ3) is 4.00. The van der Waals surface area contributed by atoms with Gasteiger partial charge in [0.2, 0.25) is 0 Å². The highest BCUT2D eigenvalue weighted by Crippen LogP contribution is 2.53. The lowest BCUT2D eigenvalue weighted by Gasteiger charge is -2.50. The standard InChI is InChI=1S/C29H31FN4O2/c1-36-19-28(35)10-11-29(17-27-31-12-3-13-32-27)22(16-28)5-2-4-20-15-26-21(14-25(20)29)18-33-34(26)24-8-6-23(30)7-9-24/h3,6-9,12-15,18,22,35H,2,4-5,10-11,16-17,19H2,1H3/t22-,28+,29-/m1/s1. The molecule has 0 unspecified atom stereocenters. The van der Waals surface area contributed by atoms with Gasteiger partial charge in [-0.3, -0.25) is 0 Å². The zero-order valence-corrected chi connectivity index (χ0v) is 20.5. The number of methoxy groups -OCH3 is 1. The zero-order chi connectivity index (χ0) is 24.8. The summed E-state index contributed by atoms with van der Waals surface area (Å²) in [5, 5.41) is 17.1. The molecule has 0 spiro atoms. The fourth-order valence-corrected chi connectivity index (χ4v) is 6.69. The van der Waals surface area contributed by atoms with Crippen molar-refractivity contribution >= 4 is 10.9 Å². The topological polar surface area (TPSA) is 73.1 Å². The molecule has 2 aromatic carbocycles. The number of fused-ring (bicyclic) bond motifs is 4. The number of aromatic nitrogens is 4. The highest BCUT2D eigenvalue weighted by Gasteiger charge is 2.51. The molecule has 0 amide bonds. The van der Waals surface area contributed by atoms with E-state index in [0.29, 0.717) is 25.4 Å². The third-order valence-corrected chi connectivity index (χ3v) is 8.35. The quantitative estimate of drug-likeness (QED) is 0.432. The van der Waals surface area contributed by atoms with Gasteiger partial charge in [0.25, 0.3) is 0 Å². The summed E-state index contributed by atoms with van der Waals surface area (Å²) in [4.78, 5) is 9.21. The molecule has 0 bridgehead atoms. The molecule has 2 aromatic heterocycles. The molecule has 3 atom stereocenters. The Morgan fingerprint density at radius 3 is 2.72 bits per heavy atom. The van der Waals surface area contributed by atoms with Crippen LogP contribution in [0.3, 0.4) is 0 Å². The number of aliphatic hydroxyl groups is 1. The van der Waals surface area contributed by atoms with E-state index in [-0.39, 0.29) is 11.2 Å². The highest BCUT2D eigenvalue weighted by molar-refractivity contribution is 5.82. The van der Waals surface area contributed by atoms with Crippen LogP contribution in [0, 0.1) is 11.7 Å². The summed E-state index contributed by atoms with van der Waals surface area (Å²) in [6.07, 6.45) is 11.6. The summed E-state index contributed by atoms with van der Waals surface area (Å²) >= 11 is 0. The molecule has 0 aliphatic heterocycles. The Morgan fingerprint density at radius 2 is 1.94 bits per heavy atom. The van der Waals surface area contributed by atoms with Crippen molar-refractivity contribution < 1.29 is 14.2 Å². The van der Waals surface area contributed by atoms with Gasteiger partial charge in [-0.25, -0.2) is 19.0 Å². The van der Waals surface area contributed by atoms with Crippen LogP contribution in [0.25, 0.3) is 16.6 Å². The molecule has 0 saturated heterocycles. The molecule has 2 aliphatic rings. The number of hydrogen-bond donors (Lipinski definition) is 1. The van der Waals surface area contributed by atoms with Gasteiger partial charge in [-0.15, -0.1) is 0 Å². The van der Waals surface area contributed by atoms with E-state index in [0.717, 1.165) is 54.5 Å². The summed E-state index contributed by atoms with van der Waals surface area (Å²) in [7, 11) is 1.66. The maximum Gasteiger partial charge on any atom is 0.129 e. The van der Waals surface area contributed by atoms with E-state index in [1.165, 1.54) is 23.3 Å². The Bertz CT molecular complexity index is 1370. The van der Waals surface area contributed by atoms with E-state index in [1.54, 1.807) is 19.2 Å². The van der Waals surface area contributed by atoms with E-state index in [1.807, 2.05) is 29.3 Å². The van der Waals surface area contributed by atoms with Gasteiger partial charge in [-0.05, 0) is 98.0 Å². The molecule has 1 saturated carbocycles. The van der Waals surface area contributed by atoms with Crippen LogP contribution in [0.5, 0.6) is 0 Å². The molecule has 1 N–H and O–H groups in total. The largest absolute Gasteiger partial charge is 0.387 e. The number of nitrogens with zero attached hydrogens (tertiary/aromatic N) is 4. The molecular formula is C29H31FN4O2. The summed E-state index contributed by atoms with van der Waals surface area (Å²) in [5.41, 5.74) is 3.55. The maximum absolute atomic E-state index is 13.5. The average molecular weight is 487 g/mol. The van der Waals surface area contributed by atoms with Crippen molar-refractivity contribution in [2.75, 3.05) is 13.7 Å².